The lowest BCUT2D eigenvalue weighted by Gasteiger charge is -2.03. The Morgan fingerprint density at radius 3 is 2.23 bits per heavy atom. The van der Waals surface area contributed by atoms with Crippen LogP contribution in [0.25, 0.3) is 10.9 Å². The first kappa shape index (κ1) is 15.7. The number of fused-ring (bicyclic) bond motifs is 1. The zero-order valence-electron chi connectivity index (χ0n) is 13.1. The Morgan fingerprint density at radius 1 is 1.00 bits per heavy atom. The number of carbonyl (C=O) groups excluding carboxylic acids is 1. The van der Waals surface area contributed by atoms with Gasteiger partial charge in [-0.15, -0.1) is 0 Å². The smallest absolute Gasteiger partial charge is 0.161 e. The molecule has 1 aromatic heterocycles. The minimum Gasteiger partial charge on any atom is -0.399 e. The fourth-order valence-corrected chi connectivity index (χ4v) is 2.14. The second kappa shape index (κ2) is 6.85. The first-order valence-corrected chi connectivity index (χ1v) is 7.17. The summed E-state index contributed by atoms with van der Waals surface area (Å²) in [6.07, 6.45) is 0. The molecule has 3 heteroatoms. The molecule has 3 rings (SSSR count). The van der Waals surface area contributed by atoms with Crippen LogP contribution in [0.2, 0.25) is 0 Å². The minimum atomic E-state index is 0.0701. The minimum absolute atomic E-state index is 0.0701. The highest BCUT2D eigenvalue weighted by atomic mass is 16.1. The number of rotatable bonds is 1. The maximum atomic E-state index is 11.3. The molecule has 112 valence electrons. The molecule has 2 N–H and O–H groups in total. The van der Waals surface area contributed by atoms with Gasteiger partial charge in [0.1, 0.15) is 0 Å². The number of pyridine rings is 1. The van der Waals surface area contributed by atoms with Crippen molar-refractivity contribution in [1.29, 1.82) is 0 Å². The predicted molar refractivity (Wildman–Crippen MR) is 92.1 cm³/mol. The Morgan fingerprint density at radius 2 is 1.64 bits per heavy atom. The van der Waals surface area contributed by atoms with E-state index in [9.17, 15) is 4.79 Å². The van der Waals surface area contributed by atoms with Crippen LogP contribution in [0, 0.1) is 13.8 Å². The van der Waals surface area contributed by atoms with Crippen LogP contribution in [0.3, 0.4) is 0 Å². The molecule has 1 heterocycles. The van der Waals surface area contributed by atoms with Crippen molar-refractivity contribution in [2.45, 2.75) is 20.8 Å². The van der Waals surface area contributed by atoms with E-state index in [2.05, 4.69) is 4.98 Å². The number of nitrogens with two attached hydrogens (primary N) is 1. The number of aryl methyl sites for hydroxylation is 2. The maximum absolute atomic E-state index is 11.3. The summed E-state index contributed by atoms with van der Waals surface area (Å²) in [5.41, 5.74) is 9.96. The average Bonchev–Trinajstić information content (AvgIpc) is 2.50. The van der Waals surface area contributed by atoms with E-state index in [1.165, 1.54) is 5.56 Å². The molecule has 0 fully saturated rings. The fourth-order valence-electron chi connectivity index (χ4n) is 2.14. The number of para-hydroxylation sites is 1. The molecule has 0 aliphatic heterocycles. The van der Waals surface area contributed by atoms with Gasteiger partial charge in [0.2, 0.25) is 0 Å². The zero-order chi connectivity index (χ0) is 16.1. The Balaban J connectivity index is 0.000000188. The number of hydrogen-bond acceptors (Lipinski definition) is 3. The summed E-state index contributed by atoms with van der Waals surface area (Å²) in [6.45, 7) is 5.47. The number of Topliss-reactive ketones (excluding diaryl/α,β-unsaturated/α-hetero) is 1. The first-order valence-electron chi connectivity index (χ1n) is 7.17. The maximum Gasteiger partial charge on any atom is 0.161 e. The van der Waals surface area contributed by atoms with Gasteiger partial charge in [-0.2, -0.15) is 0 Å². The molecule has 0 radical (unpaired) electrons. The molecule has 0 bridgehead atoms. The van der Waals surface area contributed by atoms with Crippen LogP contribution in [0.4, 0.5) is 5.69 Å². The van der Waals surface area contributed by atoms with Crippen molar-refractivity contribution < 1.29 is 4.79 Å². The lowest BCUT2D eigenvalue weighted by molar-refractivity contribution is 0.101. The van der Waals surface area contributed by atoms with E-state index in [1.807, 2.05) is 68.4 Å². The Bertz CT molecular complexity index is 771. The van der Waals surface area contributed by atoms with Crippen molar-refractivity contribution in [2.75, 3.05) is 5.73 Å². The first-order chi connectivity index (χ1) is 10.5. The van der Waals surface area contributed by atoms with E-state index in [0.717, 1.165) is 22.3 Å². The van der Waals surface area contributed by atoms with Crippen LogP contribution in [-0.4, -0.2) is 10.8 Å². The summed E-state index contributed by atoms with van der Waals surface area (Å²) in [5, 5.41) is 1.02. The normalized spacial score (nSPS) is 9.95. The number of benzene rings is 2. The van der Waals surface area contributed by atoms with Gasteiger partial charge in [0, 0.05) is 22.3 Å². The molecular formula is C19H20N2O. The van der Waals surface area contributed by atoms with Gasteiger partial charge >= 0.3 is 0 Å². The summed E-state index contributed by atoms with van der Waals surface area (Å²) < 4.78 is 0. The molecule has 0 spiro atoms. The number of ketones is 1. The second-order valence-corrected chi connectivity index (χ2v) is 5.28. The zero-order valence-corrected chi connectivity index (χ0v) is 13.1. The molecule has 0 aliphatic carbocycles. The molecule has 0 amide bonds. The number of nitrogens with zero attached hydrogens (tertiary/aromatic N) is 1. The highest BCUT2D eigenvalue weighted by molar-refractivity contribution is 5.98. The summed E-state index contributed by atoms with van der Waals surface area (Å²) >= 11 is 0. The van der Waals surface area contributed by atoms with Gasteiger partial charge in [0.15, 0.2) is 5.78 Å². The predicted octanol–water partition coefficient (Wildman–Crippen LogP) is 4.32. The van der Waals surface area contributed by atoms with Crippen LogP contribution in [-0.2, 0) is 0 Å². The van der Waals surface area contributed by atoms with Crippen LogP contribution in [0.15, 0.2) is 54.6 Å². The van der Waals surface area contributed by atoms with Crippen LogP contribution < -0.4 is 5.73 Å². The molecule has 0 saturated heterocycles. The summed E-state index contributed by atoms with van der Waals surface area (Å²) in [6, 6.07) is 17.5. The number of hydrogen-bond donors (Lipinski definition) is 1. The lowest BCUT2D eigenvalue weighted by Crippen LogP contribution is -1.98. The van der Waals surface area contributed by atoms with Crippen molar-refractivity contribution in [3.63, 3.8) is 0 Å². The number of nitrogen functional groups attached to an aromatic ring is 1. The number of aromatic nitrogens is 1. The van der Waals surface area contributed by atoms with Gasteiger partial charge in [0.05, 0.1) is 5.52 Å². The summed E-state index contributed by atoms with van der Waals surface area (Å²) in [5.74, 6) is 0.0701. The van der Waals surface area contributed by atoms with E-state index in [-0.39, 0.29) is 5.78 Å². The van der Waals surface area contributed by atoms with Crippen molar-refractivity contribution in [3.05, 3.63) is 71.4 Å². The third-order valence-electron chi connectivity index (χ3n) is 3.37. The van der Waals surface area contributed by atoms with E-state index < -0.39 is 0 Å². The SMILES string of the molecule is CC(=O)c1cc2ccccc2nc1C.Cc1ccc(N)cc1. The molecular weight excluding hydrogens is 272 g/mol. The highest BCUT2D eigenvalue weighted by Crippen LogP contribution is 2.16. The monoisotopic (exact) mass is 292 g/mol. The number of carbonyl (C=O) groups is 1. The van der Waals surface area contributed by atoms with Gasteiger partial charge in [-0.05, 0) is 45.0 Å². The van der Waals surface area contributed by atoms with E-state index >= 15 is 0 Å². The quantitative estimate of drug-likeness (QED) is 0.536. The molecule has 22 heavy (non-hydrogen) atoms. The van der Waals surface area contributed by atoms with Gasteiger partial charge < -0.3 is 5.73 Å². The van der Waals surface area contributed by atoms with Crippen molar-refractivity contribution >= 4 is 22.4 Å². The summed E-state index contributed by atoms with van der Waals surface area (Å²) in [4.78, 5) is 15.6. The molecule has 2 aromatic carbocycles. The molecule has 0 unspecified atom stereocenters. The van der Waals surface area contributed by atoms with Gasteiger partial charge in [-0.3, -0.25) is 9.78 Å². The largest absolute Gasteiger partial charge is 0.399 e. The topological polar surface area (TPSA) is 56.0 Å². The van der Waals surface area contributed by atoms with Crippen molar-refractivity contribution in [1.82, 2.24) is 4.98 Å². The highest BCUT2D eigenvalue weighted by Gasteiger charge is 2.06. The molecule has 0 atom stereocenters. The summed E-state index contributed by atoms with van der Waals surface area (Å²) in [7, 11) is 0. The van der Waals surface area contributed by atoms with Crippen LogP contribution >= 0.6 is 0 Å². The molecule has 3 nitrogen and oxygen atoms in total. The lowest BCUT2D eigenvalue weighted by atomic mass is 10.1. The third kappa shape index (κ3) is 3.92. The second-order valence-electron chi connectivity index (χ2n) is 5.28. The van der Waals surface area contributed by atoms with Crippen molar-refractivity contribution in [3.8, 4) is 0 Å². The van der Waals surface area contributed by atoms with Crippen molar-refractivity contribution in [2.24, 2.45) is 0 Å². The van der Waals surface area contributed by atoms with E-state index in [4.69, 9.17) is 5.73 Å². The molecule has 0 saturated carbocycles. The molecule has 3 aromatic rings. The van der Waals surface area contributed by atoms with Crippen LogP contribution in [0.1, 0.15) is 28.5 Å². The van der Waals surface area contributed by atoms with Gasteiger partial charge in [0.25, 0.3) is 0 Å². The van der Waals surface area contributed by atoms with E-state index in [1.54, 1.807) is 6.92 Å². The van der Waals surface area contributed by atoms with Gasteiger partial charge in [-0.1, -0.05) is 35.9 Å². The number of anilines is 1. The average molecular weight is 292 g/mol. The van der Waals surface area contributed by atoms with Gasteiger partial charge in [-0.25, -0.2) is 0 Å². The Kier molecular flexibility index (Phi) is 4.89. The Labute approximate surface area is 130 Å². The fraction of sp³-hybridized carbons (Fsp3) is 0.158. The standard InChI is InChI=1S/C12H11NO.C7H9N/c1-8-11(9(2)14)7-10-5-3-4-6-12(10)13-8;1-6-2-4-7(8)5-3-6/h3-7H,1-2H3;2-5H,8H2,1H3. The van der Waals surface area contributed by atoms with E-state index in [0.29, 0.717) is 5.56 Å². The van der Waals surface area contributed by atoms with Crippen LogP contribution in [0.5, 0.6) is 0 Å². The Hall–Kier alpha value is -2.68. The third-order valence-corrected chi connectivity index (χ3v) is 3.37. The molecule has 0 aliphatic rings.